The lowest BCUT2D eigenvalue weighted by Crippen LogP contribution is -2.15. The first-order chi connectivity index (χ1) is 14.5. The second-order valence-electron chi connectivity index (χ2n) is 8.06. The molecule has 1 amide bonds. The summed E-state index contributed by atoms with van der Waals surface area (Å²) in [5.74, 6) is 2.09. The number of amides is 1. The molecule has 30 heavy (non-hydrogen) atoms. The number of hydrogen-bond donors (Lipinski definition) is 2. The molecule has 0 radical (unpaired) electrons. The minimum absolute atomic E-state index is 0.0835. The molecule has 158 valence electrons. The number of carbonyl (C=O) groups excluding carboxylic acids is 1. The predicted octanol–water partition coefficient (Wildman–Crippen LogP) is 3.52. The van der Waals surface area contributed by atoms with Crippen LogP contribution in [0.4, 0.5) is 5.82 Å². The van der Waals surface area contributed by atoms with Crippen LogP contribution in [0.1, 0.15) is 67.7 Å². The summed E-state index contributed by atoms with van der Waals surface area (Å²) in [6, 6.07) is 5.60. The van der Waals surface area contributed by atoms with Gasteiger partial charge >= 0.3 is 0 Å². The molecule has 9 heteroatoms. The minimum atomic E-state index is -0.194. The molecule has 1 saturated carbocycles. The van der Waals surface area contributed by atoms with E-state index < -0.39 is 0 Å². The van der Waals surface area contributed by atoms with Crippen LogP contribution in [0.15, 0.2) is 28.9 Å². The molecule has 0 saturated heterocycles. The van der Waals surface area contributed by atoms with Crippen LogP contribution in [-0.2, 0) is 11.2 Å². The summed E-state index contributed by atoms with van der Waals surface area (Å²) in [5.41, 5.74) is 2.82. The molecule has 2 atom stereocenters. The van der Waals surface area contributed by atoms with Crippen LogP contribution in [0, 0.1) is 6.92 Å². The lowest BCUT2D eigenvalue weighted by molar-refractivity contribution is -0.115. The number of aryl methyl sites for hydroxylation is 1. The monoisotopic (exact) mass is 410 g/mol. The summed E-state index contributed by atoms with van der Waals surface area (Å²) in [6.45, 7) is 6.05. The Labute approximate surface area is 174 Å². The van der Waals surface area contributed by atoms with Gasteiger partial charge in [0.2, 0.25) is 11.8 Å². The van der Waals surface area contributed by atoms with Gasteiger partial charge < -0.3 is 14.6 Å². The number of H-pyrrole nitrogens is 1. The Morgan fingerprint density at radius 2 is 2.23 bits per heavy atom. The lowest BCUT2D eigenvalue weighted by atomic mass is 10.0. The fourth-order valence-corrected chi connectivity index (χ4v) is 3.80. The zero-order valence-corrected chi connectivity index (χ0v) is 17.4. The molecule has 1 aliphatic carbocycles. The van der Waals surface area contributed by atoms with Gasteiger partial charge in [0.25, 0.3) is 0 Å². The van der Waals surface area contributed by atoms with Gasteiger partial charge in [0.15, 0.2) is 5.82 Å². The van der Waals surface area contributed by atoms with E-state index in [2.05, 4.69) is 44.7 Å². The zero-order chi connectivity index (χ0) is 21.1. The third-order valence-corrected chi connectivity index (χ3v) is 5.32. The van der Waals surface area contributed by atoms with E-state index in [1.165, 1.54) is 0 Å². The first kappa shape index (κ1) is 20.1. The van der Waals surface area contributed by atoms with Gasteiger partial charge in [-0.3, -0.25) is 9.89 Å². The van der Waals surface area contributed by atoms with E-state index >= 15 is 0 Å². The first-order valence-electron chi connectivity index (χ1n) is 10.2. The molecule has 9 nitrogen and oxygen atoms in total. The van der Waals surface area contributed by atoms with E-state index in [0.717, 1.165) is 36.2 Å². The standard InChI is InChI=1S/C21H26N6O3/c1-12(2)17-6-7-22-26-21(17)29-15-5-4-14(9-15)18-11-19(25-24-18)23-20(28)10-16-8-13(3)27-30-16/h6-8,11-12,14-15H,4-5,9-10H2,1-3H3,(H2,23,24,25,28)/t14-,15+/m0/s1. The minimum Gasteiger partial charge on any atom is -0.473 e. The molecule has 1 fully saturated rings. The van der Waals surface area contributed by atoms with Crippen LogP contribution in [0.3, 0.4) is 0 Å². The largest absolute Gasteiger partial charge is 0.473 e. The Hall–Kier alpha value is -3.23. The molecule has 4 rings (SSSR count). The fourth-order valence-electron chi connectivity index (χ4n) is 3.80. The van der Waals surface area contributed by atoms with E-state index in [1.54, 1.807) is 12.3 Å². The van der Waals surface area contributed by atoms with Gasteiger partial charge in [0, 0.05) is 29.3 Å². The van der Waals surface area contributed by atoms with Crippen molar-refractivity contribution >= 4 is 11.7 Å². The molecule has 0 bridgehead atoms. The van der Waals surface area contributed by atoms with Crippen molar-refractivity contribution < 1.29 is 14.1 Å². The molecule has 1 aliphatic rings. The number of rotatable bonds is 7. The second kappa shape index (κ2) is 8.64. The van der Waals surface area contributed by atoms with Crippen molar-refractivity contribution in [2.45, 2.75) is 64.4 Å². The maximum absolute atomic E-state index is 12.2. The van der Waals surface area contributed by atoms with Crippen molar-refractivity contribution in [3.8, 4) is 5.88 Å². The molecular weight excluding hydrogens is 384 g/mol. The molecular formula is C21H26N6O3. The van der Waals surface area contributed by atoms with Crippen molar-refractivity contribution in [2.75, 3.05) is 5.32 Å². The number of aromatic nitrogens is 5. The zero-order valence-electron chi connectivity index (χ0n) is 17.4. The van der Waals surface area contributed by atoms with Crippen LogP contribution >= 0.6 is 0 Å². The molecule has 0 aromatic carbocycles. The maximum atomic E-state index is 12.2. The normalized spacial score (nSPS) is 18.7. The van der Waals surface area contributed by atoms with Gasteiger partial charge in [0.1, 0.15) is 11.9 Å². The fraction of sp³-hybridized carbons (Fsp3) is 0.476. The van der Waals surface area contributed by atoms with Crippen LogP contribution in [-0.4, -0.2) is 37.6 Å². The highest BCUT2D eigenvalue weighted by atomic mass is 16.5. The summed E-state index contributed by atoms with van der Waals surface area (Å²) in [7, 11) is 0. The summed E-state index contributed by atoms with van der Waals surface area (Å²) >= 11 is 0. The van der Waals surface area contributed by atoms with Crippen molar-refractivity contribution in [1.82, 2.24) is 25.6 Å². The van der Waals surface area contributed by atoms with Gasteiger partial charge in [0.05, 0.1) is 18.3 Å². The topological polar surface area (TPSA) is 119 Å². The summed E-state index contributed by atoms with van der Waals surface area (Å²) in [4.78, 5) is 12.2. The highest BCUT2D eigenvalue weighted by Gasteiger charge is 2.30. The predicted molar refractivity (Wildman–Crippen MR) is 109 cm³/mol. The van der Waals surface area contributed by atoms with Crippen LogP contribution < -0.4 is 10.1 Å². The Morgan fingerprint density at radius 3 is 3.00 bits per heavy atom. The number of anilines is 1. The molecule has 0 unspecified atom stereocenters. The Balaban J connectivity index is 1.33. The van der Waals surface area contributed by atoms with E-state index in [1.807, 2.05) is 19.1 Å². The lowest BCUT2D eigenvalue weighted by Gasteiger charge is -2.16. The number of nitrogens with one attached hydrogen (secondary N) is 2. The molecule has 3 aromatic heterocycles. The van der Waals surface area contributed by atoms with E-state index in [4.69, 9.17) is 9.26 Å². The molecule has 3 aromatic rings. The number of carbonyl (C=O) groups is 1. The van der Waals surface area contributed by atoms with Gasteiger partial charge in [-0.15, -0.1) is 5.10 Å². The number of hydrogen-bond acceptors (Lipinski definition) is 7. The molecule has 0 aliphatic heterocycles. The molecule has 0 spiro atoms. The molecule has 3 heterocycles. The number of ether oxygens (including phenoxy) is 1. The van der Waals surface area contributed by atoms with Gasteiger partial charge in [-0.05, 0) is 38.2 Å². The number of aromatic amines is 1. The van der Waals surface area contributed by atoms with Gasteiger partial charge in [-0.2, -0.15) is 10.2 Å². The Morgan fingerprint density at radius 1 is 1.37 bits per heavy atom. The van der Waals surface area contributed by atoms with Gasteiger partial charge in [-0.25, -0.2) is 0 Å². The Kier molecular flexibility index (Phi) is 5.78. The second-order valence-corrected chi connectivity index (χ2v) is 8.06. The third-order valence-electron chi connectivity index (χ3n) is 5.32. The highest BCUT2D eigenvalue weighted by Crippen LogP contribution is 2.37. The average molecular weight is 410 g/mol. The molecule has 2 N–H and O–H groups in total. The highest BCUT2D eigenvalue weighted by molar-refractivity contribution is 5.91. The summed E-state index contributed by atoms with van der Waals surface area (Å²) in [5, 5.41) is 22.0. The van der Waals surface area contributed by atoms with Crippen molar-refractivity contribution in [3.05, 3.63) is 47.1 Å². The third kappa shape index (κ3) is 4.67. The van der Waals surface area contributed by atoms with E-state index in [0.29, 0.717) is 29.3 Å². The summed E-state index contributed by atoms with van der Waals surface area (Å²) in [6.07, 6.45) is 4.68. The SMILES string of the molecule is Cc1cc(CC(=O)Nc2cc([C@H]3CC[C@@H](Oc4nnccc4C(C)C)C3)[nH]n2)on1. The van der Waals surface area contributed by atoms with Crippen molar-refractivity contribution in [2.24, 2.45) is 0 Å². The smallest absolute Gasteiger partial charge is 0.237 e. The average Bonchev–Trinajstić information content (AvgIpc) is 3.44. The van der Waals surface area contributed by atoms with E-state index in [9.17, 15) is 4.79 Å². The van der Waals surface area contributed by atoms with Crippen molar-refractivity contribution in [3.63, 3.8) is 0 Å². The first-order valence-corrected chi connectivity index (χ1v) is 10.2. The quantitative estimate of drug-likeness (QED) is 0.612. The van der Waals surface area contributed by atoms with Gasteiger partial charge in [-0.1, -0.05) is 19.0 Å². The van der Waals surface area contributed by atoms with E-state index in [-0.39, 0.29) is 18.4 Å². The van der Waals surface area contributed by atoms with Crippen LogP contribution in [0.25, 0.3) is 0 Å². The van der Waals surface area contributed by atoms with Crippen LogP contribution in [0.5, 0.6) is 5.88 Å². The maximum Gasteiger partial charge on any atom is 0.237 e. The van der Waals surface area contributed by atoms with Crippen LogP contribution in [0.2, 0.25) is 0 Å². The number of nitrogens with zero attached hydrogens (tertiary/aromatic N) is 4. The summed E-state index contributed by atoms with van der Waals surface area (Å²) < 4.78 is 11.2. The Bertz CT molecular complexity index is 1010. The van der Waals surface area contributed by atoms with Crippen molar-refractivity contribution in [1.29, 1.82) is 0 Å².